The topological polar surface area (TPSA) is 118 Å². The third-order valence-corrected chi connectivity index (χ3v) is 4.83. The molecule has 0 heterocycles. The Balaban J connectivity index is 1.91. The number of nitrogens with zero attached hydrogens (tertiary/aromatic N) is 1. The zero-order chi connectivity index (χ0) is 18.4. The molecule has 0 radical (unpaired) electrons. The number of sulfonamides is 1. The van der Waals surface area contributed by atoms with Gasteiger partial charge in [0.05, 0.1) is 9.82 Å². The monoisotopic (exact) mass is 363 g/mol. The van der Waals surface area contributed by atoms with Crippen LogP contribution < -0.4 is 10.0 Å². The molecule has 0 bridgehead atoms. The number of hydrogen-bond donors (Lipinski definition) is 2. The average molecular weight is 363 g/mol. The summed E-state index contributed by atoms with van der Waals surface area (Å²) in [7, 11) is -3.72. The Hall–Kier alpha value is -2.78. The molecule has 0 spiro atoms. The number of hydrogen-bond acceptors (Lipinski definition) is 6. The van der Waals surface area contributed by atoms with E-state index >= 15 is 0 Å². The Morgan fingerprint density at radius 2 is 1.80 bits per heavy atom. The van der Waals surface area contributed by atoms with Gasteiger partial charge in [0, 0.05) is 36.5 Å². The van der Waals surface area contributed by atoms with Crippen LogP contribution in [0, 0.1) is 10.1 Å². The normalized spacial score (nSPS) is 11.1. The maximum absolute atomic E-state index is 12.2. The van der Waals surface area contributed by atoms with Gasteiger partial charge in [-0.2, -0.15) is 0 Å². The number of Topliss-reactive ketones (excluding diaryl/α,β-unsaturated/α-hetero) is 1. The number of nitro groups is 1. The molecular weight excluding hydrogens is 346 g/mol. The number of carbonyl (C=O) groups is 1. The second kappa shape index (κ2) is 7.86. The molecule has 25 heavy (non-hydrogen) atoms. The Kier molecular flexibility index (Phi) is 5.84. The first-order chi connectivity index (χ1) is 11.8. The van der Waals surface area contributed by atoms with E-state index in [0.29, 0.717) is 17.8 Å². The van der Waals surface area contributed by atoms with Crippen LogP contribution in [0.15, 0.2) is 53.4 Å². The molecule has 0 aliphatic rings. The third kappa shape index (κ3) is 5.10. The van der Waals surface area contributed by atoms with Crippen LogP contribution in [0.1, 0.15) is 17.3 Å². The van der Waals surface area contributed by atoms with Crippen molar-refractivity contribution in [2.45, 2.75) is 11.8 Å². The van der Waals surface area contributed by atoms with E-state index < -0.39 is 14.9 Å². The highest BCUT2D eigenvalue weighted by molar-refractivity contribution is 7.89. The molecule has 0 amide bonds. The van der Waals surface area contributed by atoms with Gasteiger partial charge in [0.1, 0.15) is 0 Å². The van der Waals surface area contributed by atoms with E-state index in [2.05, 4.69) is 10.0 Å². The SMILES string of the molecule is CC(=O)c1cccc(S(=O)(=O)NCCNc2ccc([N+](=O)[O-])cc2)c1. The molecule has 8 nitrogen and oxygen atoms in total. The summed E-state index contributed by atoms with van der Waals surface area (Å²) in [5, 5.41) is 13.5. The van der Waals surface area contributed by atoms with E-state index in [1.54, 1.807) is 18.2 Å². The Morgan fingerprint density at radius 3 is 2.40 bits per heavy atom. The number of benzene rings is 2. The molecule has 2 N–H and O–H groups in total. The minimum atomic E-state index is -3.72. The van der Waals surface area contributed by atoms with Gasteiger partial charge in [-0.15, -0.1) is 0 Å². The lowest BCUT2D eigenvalue weighted by molar-refractivity contribution is -0.384. The van der Waals surface area contributed by atoms with Gasteiger partial charge < -0.3 is 5.32 Å². The number of non-ortho nitro benzene ring substituents is 1. The van der Waals surface area contributed by atoms with Gasteiger partial charge >= 0.3 is 0 Å². The maximum atomic E-state index is 12.2. The fourth-order valence-corrected chi connectivity index (χ4v) is 3.14. The van der Waals surface area contributed by atoms with Gasteiger partial charge in [-0.05, 0) is 31.2 Å². The van der Waals surface area contributed by atoms with Gasteiger partial charge in [0.2, 0.25) is 10.0 Å². The van der Waals surface area contributed by atoms with Crippen molar-refractivity contribution in [2.24, 2.45) is 0 Å². The zero-order valence-corrected chi connectivity index (χ0v) is 14.2. The number of anilines is 1. The summed E-state index contributed by atoms with van der Waals surface area (Å²) in [6.07, 6.45) is 0. The number of nitro benzene ring substituents is 1. The van der Waals surface area contributed by atoms with Crippen LogP contribution in [0.5, 0.6) is 0 Å². The molecule has 0 aromatic heterocycles. The van der Waals surface area contributed by atoms with Crippen molar-refractivity contribution in [3.8, 4) is 0 Å². The first-order valence-electron chi connectivity index (χ1n) is 7.38. The Morgan fingerprint density at radius 1 is 1.12 bits per heavy atom. The molecule has 9 heteroatoms. The number of rotatable bonds is 8. The summed E-state index contributed by atoms with van der Waals surface area (Å²) in [6.45, 7) is 1.78. The van der Waals surface area contributed by atoms with Crippen molar-refractivity contribution in [3.63, 3.8) is 0 Å². The molecule has 2 aromatic carbocycles. The van der Waals surface area contributed by atoms with Crippen LogP contribution in [-0.4, -0.2) is 32.2 Å². The van der Waals surface area contributed by atoms with Crippen molar-refractivity contribution in [2.75, 3.05) is 18.4 Å². The number of ketones is 1. The zero-order valence-electron chi connectivity index (χ0n) is 13.4. The van der Waals surface area contributed by atoms with E-state index in [4.69, 9.17) is 0 Å². The first-order valence-corrected chi connectivity index (χ1v) is 8.87. The highest BCUT2D eigenvalue weighted by Gasteiger charge is 2.14. The van der Waals surface area contributed by atoms with E-state index in [0.717, 1.165) is 0 Å². The van der Waals surface area contributed by atoms with Gasteiger partial charge in [-0.1, -0.05) is 12.1 Å². The minimum absolute atomic E-state index is 0.0170. The molecule has 0 atom stereocenters. The number of nitrogens with one attached hydrogen (secondary N) is 2. The Bertz CT molecular complexity index is 879. The van der Waals surface area contributed by atoms with Crippen LogP contribution in [0.3, 0.4) is 0 Å². The molecule has 2 aromatic rings. The quantitative estimate of drug-likeness (QED) is 0.321. The summed E-state index contributed by atoms with van der Waals surface area (Å²) in [6, 6.07) is 11.6. The van der Waals surface area contributed by atoms with Crippen molar-refractivity contribution in [1.29, 1.82) is 0 Å². The third-order valence-electron chi connectivity index (χ3n) is 3.38. The predicted octanol–water partition coefficient (Wildman–Crippen LogP) is 2.19. The smallest absolute Gasteiger partial charge is 0.269 e. The van der Waals surface area contributed by atoms with Crippen LogP contribution in [0.25, 0.3) is 0 Å². The van der Waals surface area contributed by atoms with Crippen molar-refractivity contribution in [3.05, 3.63) is 64.2 Å². The molecule has 0 fully saturated rings. The molecule has 132 valence electrons. The summed E-state index contributed by atoms with van der Waals surface area (Å²) in [5.41, 5.74) is 0.951. The fourth-order valence-electron chi connectivity index (χ4n) is 2.06. The molecule has 0 aliphatic heterocycles. The molecule has 0 aliphatic carbocycles. The maximum Gasteiger partial charge on any atom is 0.269 e. The largest absolute Gasteiger partial charge is 0.384 e. The second-order valence-electron chi connectivity index (χ2n) is 5.21. The molecule has 0 unspecified atom stereocenters. The average Bonchev–Trinajstić information content (AvgIpc) is 2.59. The van der Waals surface area contributed by atoms with Gasteiger partial charge in [-0.25, -0.2) is 13.1 Å². The molecule has 2 rings (SSSR count). The van der Waals surface area contributed by atoms with Crippen molar-refractivity contribution < 1.29 is 18.1 Å². The van der Waals surface area contributed by atoms with Crippen LogP contribution >= 0.6 is 0 Å². The summed E-state index contributed by atoms with van der Waals surface area (Å²) in [4.78, 5) is 21.4. The molecule has 0 saturated heterocycles. The molecule has 0 saturated carbocycles. The van der Waals surface area contributed by atoms with Crippen LogP contribution in [0.4, 0.5) is 11.4 Å². The summed E-state index contributed by atoms with van der Waals surface area (Å²) < 4.78 is 26.9. The van der Waals surface area contributed by atoms with E-state index in [9.17, 15) is 23.3 Å². The number of carbonyl (C=O) groups excluding carboxylic acids is 1. The highest BCUT2D eigenvalue weighted by Crippen LogP contribution is 2.15. The molecular formula is C16H17N3O5S. The lowest BCUT2D eigenvalue weighted by Gasteiger charge is -2.09. The lowest BCUT2D eigenvalue weighted by Crippen LogP contribution is -2.29. The lowest BCUT2D eigenvalue weighted by atomic mass is 10.2. The van der Waals surface area contributed by atoms with Crippen molar-refractivity contribution in [1.82, 2.24) is 4.72 Å². The summed E-state index contributed by atoms with van der Waals surface area (Å²) in [5.74, 6) is -0.211. The van der Waals surface area contributed by atoms with Gasteiger partial charge in [0.15, 0.2) is 5.78 Å². The van der Waals surface area contributed by atoms with E-state index in [1.807, 2.05) is 0 Å². The standard InChI is InChI=1S/C16H17N3O5S/c1-12(20)13-3-2-4-16(11-13)25(23,24)18-10-9-17-14-5-7-15(8-6-14)19(21)22/h2-8,11,17-18H,9-10H2,1H3. The van der Waals surface area contributed by atoms with E-state index in [1.165, 1.54) is 37.3 Å². The summed E-state index contributed by atoms with van der Waals surface area (Å²) >= 11 is 0. The van der Waals surface area contributed by atoms with Crippen LogP contribution in [0.2, 0.25) is 0 Å². The highest BCUT2D eigenvalue weighted by atomic mass is 32.2. The Labute approximate surface area is 145 Å². The van der Waals surface area contributed by atoms with Gasteiger partial charge in [0.25, 0.3) is 5.69 Å². The fraction of sp³-hybridized carbons (Fsp3) is 0.188. The predicted molar refractivity (Wildman–Crippen MR) is 93.2 cm³/mol. The van der Waals surface area contributed by atoms with Crippen LogP contribution in [-0.2, 0) is 10.0 Å². The van der Waals surface area contributed by atoms with Crippen molar-refractivity contribution >= 4 is 27.2 Å². The first kappa shape index (κ1) is 18.6. The van der Waals surface area contributed by atoms with Gasteiger partial charge in [-0.3, -0.25) is 14.9 Å². The minimum Gasteiger partial charge on any atom is -0.384 e. The second-order valence-corrected chi connectivity index (χ2v) is 6.98. The van der Waals surface area contributed by atoms with E-state index in [-0.39, 0.29) is 22.9 Å².